The molecule has 0 bridgehead atoms. The third kappa shape index (κ3) is 3.92. The van der Waals surface area contributed by atoms with Crippen LogP contribution in [0.3, 0.4) is 0 Å². The summed E-state index contributed by atoms with van der Waals surface area (Å²) in [5, 5.41) is 4.34. The van der Waals surface area contributed by atoms with Crippen LogP contribution in [0.2, 0.25) is 0 Å². The van der Waals surface area contributed by atoms with Crippen LogP contribution in [0.1, 0.15) is 0 Å². The Morgan fingerprint density at radius 3 is 1.59 bits per heavy atom. The zero-order valence-electron chi connectivity index (χ0n) is 23.6. The summed E-state index contributed by atoms with van der Waals surface area (Å²) in [4.78, 5) is 9.93. The first-order valence-electron chi connectivity index (χ1n) is 14.7. The monoisotopic (exact) mass is 564 g/mol. The predicted octanol–water partition coefficient (Wildman–Crippen LogP) is 10.9. The molecule has 0 saturated carbocycles. The van der Waals surface area contributed by atoms with E-state index in [4.69, 9.17) is 18.8 Å². The zero-order chi connectivity index (χ0) is 29.0. The lowest BCUT2D eigenvalue weighted by atomic mass is 9.97. The SMILES string of the molecule is c1ccc(-c2cc(-c3ccc(-c4cc5oc6ccccc6c5c5c4oc4ccccc45)cc3)nc(-c3ccccc3)n2)cc1. The number of hydrogen-bond donors (Lipinski definition) is 0. The molecule has 0 aliphatic heterocycles. The van der Waals surface area contributed by atoms with Crippen LogP contribution in [-0.4, -0.2) is 9.97 Å². The van der Waals surface area contributed by atoms with E-state index in [1.807, 2.05) is 72.8 Å². The number of benzene rings is 6. The van der Waals surface area contributed by atoms with Crippen molar-refractivity contribution in [2.24, 2.45) is 0 Å². The second-order valence-corrected chi connectivity index (χ2v) is 11.0. The van der Waals surface area contributed by atoms with Crippen molar-refractivity contribution >= 4 is 43.9 Å². The summed E-state index contributed by atoms with van der Waals surface area (Å²) in [6, 6.07) is 49.5. The summed E-state index contributed by atoms with van der Waals surface area (Å²) in [5.41, 5.74) is 10.3. The van der Waals surface area contributed by atoms with Gasteiger partial charge in [-0.15, -0.1) is 0 Å². The molecule has 0 aliphatic carbocycles. The van der Waals surface area contributed by atoms with E-state index in [0.717, 1.165) is 83.1 Å². The number of fused-ring (bicyclic) bond motifs is 7. The van der Waals surface area contributed by atoms with Gasteiger partial charge in [-0.2, -0.15) is 0 Å². The van der Waals surface area contributed by atoms with Gasteiger partial charge in [-0.25, -0.2) is 9.97 Å². The number of hydrogen-bond acceptors (Lipinski definition) is 4. The van der Waals surface area contributed by atoms with Gasteiger partial charge in [0.25, 0.3) is 0 Å². The summed E-state index contributed by atoms with van der Waals surface area (Å²) >= 11 is 0. The summed E-state index contributed by atoms with van der Waals surface area (Å²) in [6.45, 7) is 0. The quantitative estimate of drug-likeness (QED) is 0.213. The van der Waals surface area contributed by atoms with Gasteiger partial charge < -0.3 is 8.83 Å². The van der Waals surface area contributed by atoms with Gasteiger partial charge >= 0.3 is 0 Å². The molecule has 0 atom stereocenters. The summed E-state index contributed by atoms with van der Waals surface area (Å²) in [6.07, 6.45) is 0. The average molecular weight is 565 g/mol. The molecule has 6 aromatic carbocycles. The Balaban J connectivity index is 1.22. The molecule has 3 heterocycles. The van der Waals surface area contributed by atoms with Crippen molar-refractivity contribution in [3.05, 3.63) is 146 Å². The predicted molar refractivity (Wildman–Crippen MR) is 178 cm³/mol. The third-order valence-electron chi connectivity index (χ3n) is 8.31. The van der Waals surface area contributed by atoms with Gasteiger partial charge in [0.05, 0.1) is 11.4 Å². The maximum atomic E-state index is 6.55. The highest BCUT2D eigenvalue weighted by molar-refractivity contribution is 6.28. The molecule has 44 heavy (non-hydrogen) atoms. The van der Waals surface area contributed by atoms with E-state index >= 15 is 0 Å². The average Bonchev–Trinajstić information content (AvgIpc) is 3.67. The topological polar surface area (TPSA) is 52.1 Å². The molecule has 0 unspecified atom stereocenters. The highest BCUT2D eigenvalue weighted by atomic mass is 16.3. The normalized spacial score (nSPS) is 11.6. The number of nitrogens with zero attached hydrogens (tertiary/aromatic N) is 2. The highest BCUT2D eigenvalue weighted by Crippen LogP contribution is 2.44. The Hall–Kier alpha value is -6.00. The second-order valence-electron chi connectivity index (χ2n) is 11.0. The molecular formula is C40H24N2O2. The molecule has 206 valence electrons. The number of aromatic nitrogens is 2. The van der Waals surface area contributed by atoms with Crippen molar-refractivity contribution in [1.82, 2.24) is 9.97 Å². The van der Waals surface area contributed by atoms with E-state index < -0.39 is 0 Å². The van der Waals surface area contributed by atoms with Gasteiger partial charge in [-0.3, -0.25) is 0 Å². The van der Waals surface area contributed by atoms with Crippen molar-refractivity contribution in [3.8, 4) is 45.0 Å². The first-order valence-corrected chi connectivity index (χ1v) is 14.7. The molecule has 4 heteroatoms. The summed E-state index contributed by atoms with van der Waals surface area (Å²) < 4.78 is 12.9. The van der Waals surface area contributed by atoms with Gasteiger partial charge in [0, 0.05) is 43.8 Å². The maximum Gasteiger partial charge on any atom is 0.160 e. The van der Waals surface area contributed by atoms with E-state index in [2.05, 4.69) is 72.8 Å². The smallest absolute Gasteiger partial charge is 0.160 e. The zero-order valence-corrected chi connectivity index (χ0v) is 23.6. The minimum Gasteiger partial charge on any atom is -0.456 e. The molecule has 9 aromatic rings. The van der Waals surface area contributed by atoms with E-state index in [9.17, 15) is 0 Å². The molecule has 0 aliphatic rings. The second kappa shape index (κ2) is 9.79. The highest BCUT2D eigenvalue weighted by Gasteiger charge is 2.20. The maximum absolute atomic E-state index is 6.55. The Morgan fingerprint density at radius 2 is 0.909 bits per heavy atom. The van der Waals surface area contributed by atoms with Crippen molar-refractivity contribution in [1.29, 1.82) is 0 Å². The van der Waals surface area contributed by atoms with Crippen molar-refractivity contribution in [2.75, 3.05) is 0 Å². The first kappa shape index (κ1) is 24.6. The first-order chi connectivity index (χ1) is 21.8. The van der Waals surface area contributed by atoms with Crippen molar-refractivity contribution in [3.63, 3.8) is 0 Å². The molecule has 3 aromatic heterocycles. The lowest BCUT2D eigenvalue weighted by Gasteiger charge is -2.10. The minimum absolute atomic E-state index is 0.699. The Labute approximate surface area is 252 Å². The molecule has 0 spiro atoms. The van der Waals surface area contributed by atoms with Crippen LogP contribution in [0.25, 0.3) is 88.9 Å². The minimum atomic E-state index is 0.699. The van der Waals surface area contributed by atoms with Crippen molar-refractivity contribution < 1.29 is 8.83 Å². The van der Waals surface area contributed by atoms with Gasteiger partial charge in [0.1, 0.15) is 22.3 Å². The molecule has 0 radical (unpaired) electrons. The van der Waals surface area contributed by atoms with Gasteiger partial charge in [0.2, 0.25) is 0 Å². The van der Waals surface area contributed by atoms with Crippen LogP contribution < -0.4 is 0 Å². The molecule has 0 N–H and O–H groups in total. The molecule has 0 amide bonds. The van der Waals surface area contributed by atoms with E-state index in [1.165, 1.54) is 0 Å². The molecule has 4 nitrogen and oxygen atoms in total. The number of para-hydroxylation sites is 2. The van der Waals surface area contributed by atoms with Crippen LogP contribution >= 0.6 is 0 Å². The fourth-order valence-corrected chi connectivity index (χ4v) is 6.21. The Bertz CT molecular complexity index is 2420. The lowest BCUT2D eigenvalue weighted by molar-refractivity contribution is 0.664. The van der Waals surface area contributed by atoms with E-state index in [-0.39, 0.29) is 0 Å². The fraction of sp³-hybridized carbons (Fsp3) is 0. The van der Waals surface area contributed by atoms with Crippen LogP contribution in [0.4, 0.5) is 0 Å². The summed E-state index contributed by atoms with van der Waals surface area (Å²) in [7, 11) is 0. The van der Waals surface area contributed by atoms with E-state index in [0.29, 0.717) is 5.82 Å². The van der Waals surface area contributed by atoms with Crippen LogP contribution in [-0.2, 0) is 0 Å². The molecule has 0 fully saturated rings. The molecule has 0 saturated heterocycles. The van der Waals surface area contributed by atoms with E-state index in [1.54, 1.807) is 0 Å². The van der Waals surface area contributed by atoms with Gasteiger partial charge in [0.15, 0.2) is 5.82 Å². The van der Waals surface area contributed by atoms with Gasteiger partial charge in [-0.05, 0) is 29.8 Å². The standard InChI is InChI=1S/C40H24N2O2/c1-3-11-26(12-4-1)32-24-33(42-40(41-32)28-13-5-2-6-14-28)27-21-19-25(20-22-27)31-23-36-37(29-15-7-9-17-34(29)43-36)38-30-16-8-10-18-35(30)44-39(31)38/h1-24H. The Kier molecular flexibility index (Phi) is 5.47. The lowest BCUT2D eigenvalue weighted by Crippen LogP contribution is -1.95. The number of rotatable bonds is 4. The fourth-order valence-electron chi connectivity index (χ4n) is 6.21. The molecular weight excluding hydrogens is 540 g/mol. The Morgan fingerprint density at radius 1 is 0.386 bits per heavy atom. The van der Waals surface area contributed by atoms with Crippen LogP contribution in [0.5, 0.6) is 0 Å². The van der Waals surface area contributed by atoms with Gasteiger partial charge in [-0.1, -0.05) is 121 Å². The summed E-state index contributed by atoms with van der Waals surface area (Å²) in [5.74, 6) is 0.699. The van der Waals surface area contributed by atoms with Crippen LogP contribution in [0, 0.1) is 0 Å². The molecule has 9 rings (SSSR count). The number of furan rings is 2. The largest absolute Gasteiger partial charge is 0.456 e. The third-order valence-corrected chi connectivity index (χ3v) is 8.31. The van der Waals surface area contributed by atoms with Crippen LogP contribution in [0.15, 0.2) is 154 Å². The van der Waals surface area contributed by atoms with Crippen molar-refractivity contribution in [2.45, 2.75) is 0 Å².